The van der Waals surface area contributed by atoms with Crippen LogP contribution in [-0.4, -0.2) is 29.1 Å². The van der Waals surface area contributed by atoms with Gasteiger partial charge in [-0.15, -0.1) is 0 Å². The fourth-order valence-corrected chi connectivity index (χ4v) is 4.60. The summed E-state index contributed by atoms with van der Waals surface area (Å²) in [5.41, 5.74) is 2.33. The molecule has 9 heteroatoms. The second-order valence-corrected chi connectivity index (χ2v) is 8.01. The Labute approximate surface area is 187 Å². The molecular formula is C23H19F2N3O3S. The average Bonchev–Trinajstić information content (AvgIpc) is 3.15. The van der Waals surface area contributed by atoms with Crippen molar-refractivity contribution < 1.29 is 23.1 Å². The van der Waals surface area contributed by atoms with Gasteiger partial charge >= 0.3 is 5.97 Å². The van der Waals surface area contributed by atoms with Crippen molar-refractivity contribution >= 4 is 34.5 Å². The third-order valence-electron chi connectivity index (χ3n) is 5.04. The summed E-state index contributed by atoms with van der Waals surface area (Å²) in [7, 11) is 1.27. The van der Waals surface area contributed by atoms with E-state index in [0.29, 0.717) is 27.8 Å². The van der Waals surface area contributed by atoms with Crippen LogP contribution >= 0.6 is 11.8 Å². The SMILES string of the molecule is COC(=O)C1=C(C)N=C2SC=C(CC(=O)Nc3ccc(F)cc3)N2[C@H]1c1cccc(F)c1. The molecule has 2 aromatic carbocycles. The quantitative estimate of drug-likeness (QED) is 0.660. The van der Waals surface area contributed by atoms with Crippen LogP contribution in [0.2, 0.25) is 0 Å². The fourth-order valence-electron chi connectivity index (χ4n) is 3.64. The maximum atomic E-state index is 14.1. The Balaban J connectivity index is 1.66. The van der Waals surface area contributed by atoms with Crippen molar-refractivity contribution in [2.75, 3.05) is 12.4 Å². The van der Waals surface area contributed by atoms with Crippen LogP contribution in [0.5, 0.6) is 0 Å². The molecule has 2 heterocycles. The number of fused-ring (bicyclic) bond motifs is 1. The van der Waals surface area contributed by atoms with E-state index in [2.05, 4.69) is 10.3 Å². The van der Waals surface area contributed by atoms with Gasteiger partial charge in [0.2, 0.25) is 5.91 Å². The second-order valence-electron chi connectivity index (χ2n) is 7.17. The molecule has 0 radical (unpaired) electrons. The number of nitrogens with one attached hydrogen (secondary N) is 1. The number of hydrogen-bond acceptors (Lipinski definition) is 6. The molecule has 32 heavy (non-hydrogen) atoms. The summed E-state index contributed by atoms with van der Waals surface area (Å²) in [6, 6.07) is 10.7. The third-order valence-corrected chi connectivity index (χ3v) is 5.93. The molecule has 1 amide bonds. The van der Waals surface area contributed by atoms with Gasteiger partial charge in [-0.05, 0) is 54.3 Å². The maximum absolute atomic E-state index is 14.1. The predicted molar refractivity (Wildman–Crippen MR) is 118 cm³/mol. The molecule has 0 saturated heterocycles. The van der Waals surface area contributed by atoms with Crippen LogP contribution in [0.1, 0.15) is 24.9 Å². The van der Waals surface area contributed by atoms with Crippen molar-refractivity contribution in [3.05, 3.63) is 88.1 Å². The Morgan fingerprint density at radius 3 is 2.59 bits per heavy atom. The summed E-state index contributed by atoms with van der Waals surface area (Å²) in [6.07, 6.45) is -0.0251. The Bertz CT molecular complexity index is 1180. The minimum absolute atomic E-state index is 0.0251. The first-order valence-corrected chi connectivity index (χ1v) is 10.6. The van der Waals surface area contributed by atoms with E-state index in [4.69, 9.17) is 4.74 Å². The average molecular weight is 455 g/mol. The van der Waals surface area contributed by atoms with E-state index in [1.807, 2.05) is 0 Å². The normalized spacial score (nSPS) is 17.5. The van der Waals surface area contributed by atoms with Gasteiger partial charge in [-0.1, -0.05) is 23.9 Å². The molecule has 2 aliphatic heterocycles. The molecule has 2 aliphatic rings. The first-order chi connectivity index (χ1) is 15.4. The first-order valence-electron chi connectivity index (χ1n) is 9.71. The Hall–Kier alpha value is -3.46. The molecule has 0 aromatic heterocycles. The van der Waals surface area contributed by atoms with E-state index in [0.717, 1.165) is 0 Å². The number of thioether (sulfide) groups is 1. The topological polar surface area (TPSA) is 71.0 Å². The molecule has 6 nitrogen and oxygen atoms in total. The van der Waals surface area contributed by atoms with Crippen molar-refractivity contribution in [2.24, 2.45) is 4.99 Å². The van der Waals surface area contributed by atoms with E-state index in [-0.39, 0.29) is 17.9 Å². The molecule has 0 bridgehead atoms. The summed E-state index contributed by atoms with van der Waals surface area (Å²) in [6.45, 7) is 1.70. The number of halogens is 2. The minimum Gasteiger partial charge on any atom is -0.466 e. The molecule has 0 spiro atoms. The lowest BCUT2D eigenvalue weighted by Gasteiger charge is -2.36. The smallest absolute Gasteiger partial charge is 0.338 e. The maximum Gasteiger partial charge on any atom is 0.338 e. The van der Waals surface area contributed by atoms with Crippen molar-refractivity contribution in [2.45, 2.75) is 19.4 Å². The van der Waals surface area contributed by atoms with E-state index >= 15 is 0 Å². The van der Waals surface area contributed by atoms with Crippen molar-refractivity contribution in [1.29, 1.82) is 0 Å². The zero-order valence-corrected chi connectivity index (χ0v) is 18.1. The largest absolute Gasteiger partial charge is 0.466 e. The number of amidine groups is 1. The zero-order chi connectivity index (χ0) is 22.8. The Morgan fingerprint density at radius 1 is 1.16 bits per heavy atom. The molecule has 0 unspecified atom stereocenters. The lowest BCUT2D eigenvalue weighted by atomic mass is 9.94. The lowest BCUT2D eigenvalue weighted by molar-refractivity contribution is -0.136. The van der Waals surface area contributed by atoms with Crippen molar-refractivity contribution in [1.82, 2.24) is 4.90 Å². The molecule has 1 atom stereocenters. The van der Waals surface area contributed by atoms with Gasteiger partial charge in [0, 0.05) is 11.4 Å². The molecule has 0 fully saturated rings. The van der Waals surface area contributed by atoms with Crippen LogP contribution in [0.25, 0.3) is 0 Å². The van der Waals surface area contributed by atoms with Gasteiger partial charge in [-0.25, -0.2) is 18.6 Å². The van der Waals surface area contributed by atoms with Crippen LogP contribution in [0.3, 0.4) is 0 Å². The van der Waals surface area contributed by atoms with Crippen molar-refractivity contribution in [3.8, 4) is 0 Å². The number of carbonyl (C=O) groups is 2. The Morgan fingerprint density at radius 2 is 1.91 bits per heavy atom. The van der Waals surface area contributed by atoms with Gasteiger partial charge < -0.3 is 15.0 Å². The van der Waals surface area contributed by atoms with Crippen molar-refractivity contribution in [3.63, 3.8) is 0 Å². The van der Waals surface area contributed by atoms with Crippen LogP contribution in [-0.2, 0) is 14.3 Å². The molecule has 2 aromatic rings. The number of nitrogens with zero attached hydrogens (tertiary/aromatic N) is 2. The lowest BCUT2D eigenvalue weighted by Crippen LogP contribution is -2.37. The number of esters is 1. The second kappa shape index (κ2) is 8.96. The highest BCUT2D eigenvalue weighted by molar-refractivity contribution is 8.16. The molecule has 164 valence electrons. The van der Waals surface area contributed by atoms with Gasteiger partial charge in [0.1, 0.15) is 11.6 Å². The number of allylic oxidation sites excluding steroid dienone is 1. The molecule has 1 N–H and O–H groups in total. The first kappa shape index (κ1) is 21.8. The van der Waals surface area contributed by atoms with Crippen LogP contribution in [0.15, 0.2) is 75.9 Å². The van der Waals surface area contributed by atoms with Gasteiger partial charge in [0.25, 0.3) is 0 Å². The number of aliphatic imine (C=N–C) groups is 1. The van der Waals surface area contributed by atoms with Gasteiger partial charge in [0.15, 0.2) is 5.17 Å². The highest BCUT2D eigenvalue weighted by Crippen LogP contribution is 2.44. The van der Waals surface area contributed by atoms with Crippen LogP contribution in [0, 0.1) is 11.6 Å². The fraction of sp³-hybridized carbons (Fsp3) is 0.174. The molecule has 0 aliphatic carbocycles. The summed E-state index contributed by atoms with van der Waals surface area (Å²) >= 11 is 1.32. The number of amides is 1. The van der Waals surface area contributed by atoms with Crippen LogP contribution in [0.4, 0.5) is 14.5 Å². The highest BCUT2D eigenvalue weighted by Gasteiger charge is 2.41. The predicted octanol–water partition coefficient (Wildman–Crippen LogP) is 4.74. The standard InChI is InChI=1S/C23H19F2N3O3S/c1-13-20(22(30)31-2)21(14-4-3-5-16(25)10-14)28-18(12-32-23(28)26-13)11-19(29)27-17-8-6-15(24)7-9-17/h3-10,12,21H,11H2,1-2H3,(H,27,29)/t21-/m0/s1. The molecule has 0 saturated carbocycles. The molecule has 4 rings (SSSR count). The summed E-state index contributed by atoms with van der Waals surface area (Å²) < 4.78 is 32.2. The summed E-state index contributed by atoms with van der Waals surface area (Å²) in [5.74, 6) is -1.75. The zero-order valence-electron chi connectivity index (χ0n) is 17.3. The Kier molecular flexibility index (Phi) is 6.09. The highest BCUT2D eigenvalue weighted by atomic mass is 32.2. The van der Waals surface area contributed by atoms with Gasteiger partial charge in [-0.2, -0.15) is 0 Å². The van der Waals surface area contributed by atoms with Crippen LogP contribution < -0.4 is 5.32 Å². The van der Waals surface area contributed by atoms with E-state index in [1.54, 1.807) is 29.4 Å². The number of anilines is 1. The number of rotatable bonds is 5. The van der Waals surface area contributed by atoms with E-state index < -0.39 is 23.6 Å². The van der Waals surface area contributed by atoms with Gasteiger partial charge in [0.05, 0.1) is 30.8 Å². The third kappa shape index (κ3) is 4.29. The summed E-state index contributed by atoms with van der Waals surface area (Å²) in [5, 5.41) is 5.08. The minimum atomic E-state index is -0.703. The number of methoxy groups -OCH3 is 1. The monoisotopic (exact) mass is 455 g/mol. The van der Waals surface area contributed by atoms with E-state index in [1.165, 1.54) is 55.3 Å². The van der Waals surface area contributed by atoms with Gasteiger partial charge in [-0.3, -0.25) is 4.79 Å². The number of hydrogen-bond donors (Lipinski definition) is 1. The summed E-state index contributed by atoms with van der Waals surface area (Å²) in [4.78, 5) is 31.6. The number of carbonyl (C=O) groups excluding carboxylic acids is 2. The molecular weight excluding hydrogens is 436 g/mol. The number of benzene rings is 2. The number of ether oxygens (including phenoxy) is 1. The van der Waals surface area contributed by atoms with E-state index in [9.17, 15) is 18.4 Å².